The molecular weight excluding hydrogens is 342 g/mol. The minimum absolute atomic E-state index is 0.0408. The lowest BCUT2D eigenvalue weighted by Gasteiger charge is -2.46. The topological polar surface area (TPSA) is 71.6 Å². The number of carbonyl (C=O) groups excluding carboxylic acids is 1. The van der Waals surface area contributed by atoms with Crippen LogP contribution in [-0.2, 0) is 0 Å². The highest BCUT2D eigenvalue weighted by atomic mass is 35.5. The molecule has 0 radical (unpaired) electrons. The van der Waals surface area contributed by atoms with Crippen LogP contribution in [0.5, 0.6) is 11.5 Å². The Morgan fingerprint density at radius 2 is 1.68 bits per heavy atom. The van der Waals surface area contributed by atoms with Crippen LogP contribution in [0.4, 0.5) is 10.5 Å². The van der Waals surface area contributed by atoms with Crippen molar-refractivity contribution in [1.29, 1.82) is 0 Å². The molecule has 1 fully saturated rings. The van der Waals surface area contributed by atoms with E-state index in [4.69, 9.17) is 21.1 Å². The molecule has 3 N–H and O–H groups in total. The maximum absolute atomic E-state index is 12.5. The number of urea groups is 1. The van der Waals surface area contributed by atoms with Crippen LogP contribution in [0.3, 0.4) is 0 Å². The van der Waals surface area contributed by atoms with E-state index in [0.717, 1.165) is 12.8 Å². The van der Waals surface area contributed by atoms with Gasteiger partial charge in [0.15, 0.2) is 0 Å². The van der Waals surface area contributed by atoms with Crippen molar-refractivity contribution < 1.29 is 14.3 Å². The number of halogens is 1. The van der Waals surface area contributed by atoms with E-state index in [2.05, 4.69) is 43.6 Å². The summed E-state index contributed by atoms with van der Waals surface area (Å²) in [6.45, 7) is 8.59. The second kappa shape index (κ2) is 7.30. The van der Waals surface area contributed by atoms with E-state index in [1.807, 2.05) is 0 Å². The Morgan fingerprint density at radius 1 is 1.12 bits per heavy atom. The Balaban J connectivity index is 2.10. The summed E-state index contributed by atoms with van der Waals surface area (Å²) in [5, 5.41) is 9.92. The molecule has 1 aromatic carbocycles. The van der Waals surface area contributed by atoms with Gasteiger partial charge in [-0.05, 0) is 40.5 Å². The number of amides is 2. The van der Waals surface area contributed by atoms with Crippen molar-refractivity contribution in [2.24, 2.45) is 0 Å². The highest BCUT2D eigenvalue weighted by molar-refractivity contribution is 6.32. The van der Waals surface area contributed by atoms with Crippen molar-refractivity contribution >= 4 is 23.3 Å². The fourth-order valence-corrected chi connectivity index (χ4v) is 3.96. The molecule has 1 aromatic rings. The van der Waals surface area contributed by atoms with Gasteiger partial charge in [-0.1, -0.05) is 11.6 Å². The number of hydrogen-bond donors (Lipinski definition) is 3. The minimum Gasteiger partial charge on any atom is -0.495 e. The Labute approximate surface area is 154 Å². The third kappa shape index (κ3) is 5.16. The van der Waals surface area contributed by atoms with Crippen LogP contribution in [-0.4, -0.2) is 37.4 Å². The molecule has 1 saturated heterocycles. The summed E-state index contributed by atoms with van der Waals surface area (Å²) >= 11 is 6.09. The fraction of sp³-hybridized carbons (Fsp3) is 0.611. The number of benzene rings is 1. The fourth-order valence-electron chi connectivity index (χ4n) is 3.73. The van der Waals surface area contributed by atoms with Crippen LogP contribution < -0.4 is 25.4 Å². The Bertz CT molecular complexity index is 631. The lowest BCUT2D eigenvalue weighted by atomic mass is 9.80. The largest absolute Gasteiger partial charge is 0.495 e. The van der Waals surface area contributed by atoms with Gasteiger partial charge in [-0.3, -0.25) is 0 Å². The van der Waals surface area contributed by atoms with Crippen molar-refractivity contribution in [3.05, 3.63) is 17.2 Å². The molecule has 25 heavy (non-hydrogen) atoms. The SMILES string of the molecule is COc1cc(NC(=O)NC2CC(C)(C)NC(C)(C)C2)c(OC)cc1Cl. The molecule has 1 aliphatic rings. The lowest BCUT2D eigenvalue weighted by molar-refractivity contribution is 0.149. The molecular formula is C18H28ClN3O3. The number of rotatable bonds is 4. The predicted octanol–water partition coefficient (Wildman–Crippen LogP) is 3.79. The summed E-state index contributed by atoms with van der Waals surface area (Å²) in [4.78, 5) is 12.5. The van der Waals surface area contributed by atoms with Gasteiger partial charge in [0.2, 0.25) is 0 Å². The number of methoxy groups -OCH3 is 2. The van der Waals surface area contributed by atoms with Crippen molar-refractivity contribution in [3.8, 4) is 11.5 Å². The minimum atomic E-state index is -0.277. The van der Waals surface area contributed by atoms with Crippen molar-refractivity contribution in [3.63, 3.8) is 0 Å². The molecule has 0 atom stereocenters. The zero-order valence-corrected chi connectivity index (χ0v) is 16.5. The first-order valence-corrected chi connectivity index (χ1v) is 8.71. The van der Waals surface area contributed by atoms with E-state index >= 15 is 0 Å². The van der Waals surface area contributed by atoms with Crippen LogP contribution >= 0.6 is 11.6 Å². The van der Waals surface area contributed by atoms with Crippen LogP contribution in [0.1, 0.15) is 40.5 Å². The molecule has 0 unspecified atom stereocenters. The van der Waals surface area contributed by atoms with Gasteiger partial charge in [0.05, 0.1) is 24.9 Å². The van der Waals surface area contributed by atoms with E-state index in [0.29, 0.717) is 22.2 Å². The first kappa shape index (κ1) is 19.7. The molecule has 0 aliphatic carbocycles. The van der Waals surface area contributed by atoms with Gasteiger partial charge in [0, 0.05) is 29.3 Å². The van der Waals surface area contributed by atoms with Crippen LogP contribution in [0, 0.1) is 0 Å². The molecule has 2 rings (SSSR count). The van der Waals surface area contributed by atoms with Crippen molar-refractivity contribution in [2.45, 2.75) is 57.7 Å². The van der Waals surface area contributed by atoms with Gasteiger partial charge >= 0.3 is 6.03 Å². The second-order valence-electron chi connectivity index (χ2n) is 7.78. The predicted molar refractivity (Wildman–Crippen MR) is 101 cm³/mol. The maximum Gasteiger partial charge on any atom is 0.319 e. The molecule has 0 aromatic heterocycles. The van der Waals surface area contributed by atoms with E-state index in [1.54, 1.807) is 12.1 Å². The molecule has 0 bridgehead atoms. The van der Waals surface area contributed by atoms with Gasteiger partial charge in [-0.15, -0.1) is 0 Å². The highest BCUT2D eigenvalue weighted by Gasteiger charge is 2.38. The maximum atomic E-state index is 12.5. The second-order valence-corrected chi connectivity index (χ2v) is 8.19. The monoisotopic (exact) mass is 369 g/mol. The van der Waals surface area contributed by atoms with Crippen LogP contribution in [0.25, 0.3) is 0 Å². The molecule has 1 aliphatic heterocycles. The number of nitrogens with one attached hydrogen (secondary N) is 3. The van der Waals surface area contributed by atoms with E-state index in [9.17, 15) is 4.79 Å². The first-order valence-electron chi connectivity index (χ1n) is 8.33. The molecule has 6 nitrogen and oxygen atoms in total. The van der Waals surface area contributed by atoms with E-state index in [1.165, 1.54) is 14.2 Å². The zero-order valence-electron chi connectivity index (χ0n) is 15.7. The third-order valence-electron chi connectivity index (χ3n) is 4.25. The summed E-state index contributed by atoms with van der Waals surface area (Å²) < 4.78 is 10.5. The average molecular weight is 370 g/mol. The van der Waals surface area contributed by atoms with Crippen molar-refractivity contribution in [1.82, 2.24) is 10.6 Å². The third-order valence-corrected chi connectivity index (χ3v) is 4.54. The van der Waals surface area contributed by atoms with Gasteiger partial charge in [0.25, 0.3) is 0 Å². The van der Waals surface area contributed by atoms with Gasteiger partial charge in [0.1, 0.15) is 11.5 Å². The van der Waals surface area contributed by atoms with Crippen LogP contribution in [0.15, 0.2) is 12.1 Å². The van der Waals surface area contributed by atoms with E-state index < -0.39 is 0 Å². The Hall–Kier alpha value is -1.66. The normalized spacial score (nSPS) is 19.2. The number of anilines is 1. The van der Waals surface area contributed by atoms with Crippen LogP contribution in [0.2, 0.25) is 5.02 Å². The molecule has 0 spiro atoms. The van der Waals surface area contributed by atoms with Gasteiger partial charge < -0.3 is 25.4 Å². The quantitative estimate of drug-likeness (QED) is 0.755. The van der Waals surface area contributed by atoms with Crippen molar-refractivity contribution in [2.75, 3.05) is 19.5 Å². The number of piperidine rings is 1. The summed E-state index contributed by atoms with van der Waals surface area (Å²) in [7, 11) is 3.05. The zero-order chi connectivity index (χ0) is 18.8. The number of hydrogen-bond acceptors (Lipinski definition) is 4. The molecule has 140 valence electrons. The average Bonchev–Trinajstić information content (AvgIpc) is 2.45. The highest BCUT2D eigenvalue weighted by Crippen LogP contribution is 2.36. The molecule has 1 heterocycles. The Morgan fingerprint density at radius 3 is 2.20 bits per heavy atom. The number of carbonyl (C=O) groups is 1. The molecule has 0 saturated carbocycles. The van der Waals surface area contributed by atoms with Gasteiger partial charge in [-0.25, -0.2) is 4.79 Å². The summed E-state index contributed by atoms with van der Waals surface area (Å²) in [5.74, 6) is 0.953. The summed E-state index contributed by atoms with van der Waals surface area (Å²) in [5.41, 5.74) is 0.426. The Kier molecular flexibility index (Phi) is 5.74. The molecule has 2 amide bonds. The standard InChI is InChI=1S/C18H28ClN3O3/c1-17(2)9-11(10-18(3,4)22-17)20-16(23)21-13-8-14(24-5)12(19)7-15(13)25-6/h7-8,11,22H,9-10H2,1-6H3,(H2,20,21,23). The lowest BCUT2D eigenvalue weighted by Crippen LogP contribution is -2.62. The van der Waals surface area contributed by atoms with Gasteiger partial charge in [-0.2, -0.15) is 0 Å². The smallest absolute Gasteiger partial charge is 0.319 e. The first-order chi connectivity index (χ1) is 11.5. The molecule has 7 heteroatoms. The number of ether oxygens (including phenoxy) is 2. The van der Waals surface area contributed by atoms with E-state index in [-0.39, 0.29) is 23.2 Å². The summed E-state index contributed by atoms with van der Waals surface area (Å²) in [6, 6.07) is 3.07. The summed E-state index contributed by atoms with van der Waals surface area (Å²) in [6.07, 6.45) is 1.70.